The summed E-state index contributed by atoms with van der Waals surface area (Å²) in [4.78, 5) is 2.44. The van der Waals surface area contributed by atoms with Gasteiger partial charge in [0.15, 0.2) is 11.6 Å². The average molecular weight is 390 g/mol. The van der Waals surface area contributed by atoms with Crippen LogP contribution in [0.15, 0.2) is 101 Å². The number of aromatic nitrogens is 3. The maximum absolute atomic E-state index is 4.56. The predicted octanol–water partition coefficient (Wildman–Crippen LogP) is 6.07. The molecule has 0 amide bonds. The lowest BCUT2D eigenvalue weighted by Crippen LogP contribution is -2.02. The predicted molar refractivity (Wildman–Crippen MR) is 114 cm³/mol. The molecule has 0 unspecified atom stereocenters. The Kier molecular flexibility index (Phi) is 5.61. The molecule has 0 radical (unpaired) electrons. The summed E-state index contributed by atoms with van der Waals surface area (Å²) in [6.07, 6.45) is 0. The molecule has 4 rings (SSSR count). The number of hydrogen-bond acceptors (Lipinski definition) is 4. The second-order valence-corrected chi connectivity index (χ2v) is 8.66. The van der Waals surface area contributed by atoms with Gasteiger partial charge in [0.2, 0.25) is 0 Å². The second-order valence-electron chi connectivity index (χ2n) is 6.00. The molecule has 27 heavy (non-hydrogen) atoms. The Morgan fingerprint density at radius 2 is 1.15 bits per heavy atom. The van der Waals surface area contributed by atoms with Crippen LogP contribution in [0.1, 0.15) is 10.4 Å². The SMILES string of the molecule is Cn1c(-c2ccccc2)nnc1C(Sc1ccccc1)Sc1ccccc1. The molecule has 134 valence electrons. The largest absolute Gasteiger partial charge is 0.312 e. The fourth-order valence-corrected chi connectivity index (χ4v) is 5.36. The van der Waals surface area contributed by atoms with Gasteiger partial charge in [-0.25, -0.2) is 0 Å². The molecule has 0 saturated carbocycles. The number of rotatable bonds is 6. The molecule has 0 aliphatic heterocycles. The minimum absolute atomic E-state index is 0.102. The summed E-state index contributed by atoms with van der Waals surface area (Å²) in [6, 6.07) is 31.1. The zero-order valence-corrected chi connectivity index (χ0v) is 16.5. The number of benzene rings is 3. The van der Waals surface area contributed by atoms with Crippen LogP contribution in [0.5, 0.6) is 0 Å². The molecule has 5 heteroatoms. The van der Waals surface area contributed by atoms with E-state index in [0.29, 0.717) is 0 Å². The molecule has 3 nitrogen and oxygen atoms in total. The van der Waals surface area contributed by atoms with E-state index in [4.69, 9.17) is 0 Å². The minimum atomic E-state index is 0.102. The highest BCUT2D eigenvalue weighted by atomic mass is 32.2. The molecular formula is C22H19N3S2. The normalized spacial score (nSPS) is 11.0. The lowest BCUT2D eigenvalue weighted by Gasteiger charge is -2.16. The van der Waals surface area contributed by atoms with Crippen molar-refractivity contribution in [2.45, 2.75) is 14.4 Å². The Balaban J connectivity index is 1.69. The van der Waals surface area contributed by atoms with Gasteiger partial charge in [0.25, 0.3) is 0 Å². The summed E-state index contributed by atoms with van der Waals surface area (Å²) in [6.45, 7) is 0. The van der Waals surface area contributed by atoms with Gasteiger partial charge < -0.3 is 4.57 Å². The van der Waals surface area contributed by atoms with Gasteiger partial charge in [-0.05, 0) is 24.3 Å². The van der Waals surface area contributed by atoms with Crippen molar-refractivity contribution in [3.8, 4) is 11.4 Å². The molecule has 0 aliphatic carbocycles. The van der Waals surface area contributed by atoms with Gasteiger partial charge in [0, 0.05) is 22.4 Å². The van der Waals surface area contributed by atoms with Crippen molar-refractivity contribution in [2.75, 3.05) is 0 Å². The molecular weight excluding hydrogens is 370 g/mol. The number of nitrogens with zero attached hydrogens (tertiary/aromatic N) is 3. The maximum Gasteiger partial charge on any atom is 0.163 e. The van der Waals surface area contributed by atoms with E-state index in [9.17, 15) is 0 Å². The van der Waals surface area contributed by atoms with Crippen molar-refractivity contribution in [3.63, 3.8) is 0 Å². The van der Waals surface area contributed by atoms with Gasteiger partial charge in [-0.2, -0.15) is 0 Å². The van der Waals surface area contributed by atoms with Crippen molar-refractivity contribution in [2.24, 2.45) is 7.05 Å². The number of hydrogen-bond donors (Lipinski definition) is 0. The smallest absolute Gasteiger partial charge is 0.163 e. The molecule has 0 saturated heterocycles. The summed E-state index contributed by atoms with van der Waals surface area (Å²) in [7, 11) is 2.04. The van der Waals surface area contributed by atoms with Crippen molar-refractivity contribution in [1.29, 1.82) is 0 Å². The quantitative estimate of drug-likeness (QED) is 0.296. The van der Waals surface area contributed by atoms with E-state index in [0.717, 1.165) is 17.2 Å². The van der Waals surface area contributed by atoms with Crippen LogP contribution in [0.25, 0.3) is 11.4 Å². The van der Waals surface area contributed by atoms with Crippen LogP contribution in [-0.4, -0.2) is 14.8 Å². The molecule has 0 bridgehead atoms. The lowest BCUT2D eigenvalue weighted by molar-refractivity contribution is 0.850. The van der Waals surface area contributed by atoms with Gasteiger partial charge in [0.05, 0.1) is 0 Å². The molecule has 0 N–H and O–H groups in total. The van der Waals surface area contributed by atoms with Crippen LogP contribution in [-0.2, 0) is 7.05 Å². The first-order valence-electron chi connectivity index (χ1n) is 8.69. The summed E-state index contributed by atoms with van der Waals surface area (Å²) >= 11 is 3.60. The third-order valence-electron chi connectivity index (χ3n) is 4.12. The molecule has 0 fully saturated rings. The molecule has 0 aliphatic rings. The summed E-state index contributed by atoms with van der Waals surface area (Å²) < 4.78 is 2.20. The van der Waals surface area contributed by atoms with Crippen LogP contribution < -0.4 is 0 Å². The zero-order chi connectivity index (χ0) is 18.5. The van der Waals surface area contributed by atoms with Gasteiger partial charge in [-0.1, -0.05) is 66.7 Å². The van der Waals surface area contributed by atoms with Gasteiger partial charge in [0.1, 0.15) is 4.58 Å². The topological polar surface area (TPSA) is 30.7 Å². The highest BCUT2D eigenvalue weighted by Gasteiger charge is 2.22. The molecule has 0 spiro atoms. The summed E-state index contributed by atoms with van der Waals surface area (Å²) in [5, 5.41) is 9.03. The van der Waals surface area contributed by atoms with Crippen molar-refractivity contribution >= 4 is 23.5 Å². The average Bonchev–Trinajstić information content (AvgIpc) is 3.11. The van der Waals surface area contributed by atoms with E-state index in [1.807, 2.05) is 37.4 Å². The lowest BCUT2D eigenvalue weighted by atomic mass is 10.2. The minimum Gasteiger partial charge on any atom is -0.312 e. The monoisotopic (exact) mass is 389 g/mol. The van der Waals surface area contributed by atoms with Crippen molar-refractivity contribution < 1.29 is 0 Å². The molecule has 3 aromatic carbocycles. The van der Waals surface area contributed by atoms with Gasteiger partial charge >= 0.3 is 0 Å². The first kappa shape index (κ1) is 17.9. The Morgan fingerprint density at radius 1 is 0.667 bits per heavy atom. The third kappa shape index (κ3) is 4.26. The molecule has 0 atom stereocenters. The van der Waals surface area contributed by atoms with E-state index >= 15 is 0 Å². The first-order valence-corrected chi connectivity index (χ1v) is 10.5. The molecule has 1 aromatic heterocycles. The highest BCUT2D eigenvalue weighted by molar-refractivity contribution is 8.16. The maximum atomic E-state index is 4.56. The molecule has 4 aromatic rings. The standard InChI is InChI=1S/C22H19N3S2/c1-25-20(17-11-5-2-6-12-17)23-24-21(25)22(26-18-13-7-3-8-14-18)27-19-15-9-4-10-16-19/h2-16,22H,1H3. The van der Waals surface area contributed by atoms with Gasteiger partial charge in [-0.3, -0.25) is 0 Å². The first-order chi connectivity index (χ1) is 13.3. The summed E-state index contributed by atoms with van der Waals surface area (Å²) in [5.41, 5.74) is 1.08. The van der Waals surface area contributed by atoms with Crippen LogP contribution in [0.2, 0.25) is 0 Å². The van der Waals surface area contributed by atoms with E-state index in [1.165, 1.54) is 9.79 Å². The Morgan fingerprint density at radius 3 is 1.67 bits per heavy atom. The van der Waals surface area contributed by atoms with Crippen molar-refractivity contribution in [1.82, 2.24) is 14.8 Å². The fourth-order valence-electron chi connectivity index (χ4n) is 2.76. The van der Waals surface area contributed by atoms with Crippen LogP contribution in [0.4, 0.5) is 0 Å². The van der Waals surface area contributed by atoms with E-state index in [1.54, 1.807) is 23.5 Å². The van der Waals surface area contributed by atoms with E-state index in [-0.39, 0.29) is 4.58 Å². The van der Waals surface area contributed by atoms with Gasteiger partial charge in [-0.15, -0.1) is 33.7 Å². The summed E-state index contributed by atoms with van der Waals surface area (Å²) in [5.74, 6) is 1.84. The second kappa shape index (κ2) is 8.46. The van der Waals surface area contributed by atoms with Crippen LogP contribution in [0.3, 0.4) is 0 Å². The van der Waals surface area contributed by atoms with Crippen molar-refractivity contribution in [3.05, 3.63) is 96.8 Å². The van der Waals surface area contributed by atoms with E-state index < -0.39 is 0 Å². The Labute approximate surface area is 167 Å². The van der Waals surface area contributed by atoms with Crippen LogP contribution in [0, 0.1) is 0 Å². The zero-order valence-electron chi connectivity index (χ0n) is 14.9. The Bertz CT molecular complexity index is 945. The van der Waals surface area contributed by atoms with Crippen LogP contribution >= 0.6 is 23.5 Å². The Hall–Kier alpha value is -2.50. The van der Waals surface area contributed by atoms with E-state index in [2.05, 4.69) is 75.4 Å². The number of thioether (sulfide) groups is 2. The molecule has 1 heterocycles. The highest BCUT2D eigenvalue weighted by Crippen LogP contribution is 2.46. The fraction of sp³-hybridized carbons (Fsp3) is 0.0909. The third-order valence-corrected chi connectivity index (χ3v) is 6.64.